The zero-order chi connectivity index (χ0) is 13.4. The fourth-order valence-electron chi connectivity index (χ4n) is 1.78. The first-order chi connectivity index (χ1) is 8.65. The Labute approximate surface area is 115 Å². The lowest BCUT2D eigenvalue weighted by atomic mass is 10.1. The van der Waals surface area contributed by atoms with Gasteiger partial charge in [0.15, 0.2) is 0 Å². The minimum atomic E-state index is 0.602. The van der Waals surface area contributed by atoms with E-state index < -0.39 is 0 Å². The lowest BCUT2D eigenvalue weighted by Crippen LogP contribution is -2.16. The Bertz CT molecular complexity index is 358. The van der Waals surface area contributed by atoms with Crippen LogP contribution in [0.5, 0.6) is 5.75 Å². The zero-order valence-corrected chi connectivity index (χ0v) is 12.3. The molecule has 1 N–H and O–H groups in total. The highest BCUT2D eigenvalue weighted by Crippen LogP contribution is 2.13. The largest absolute Gasteiger partial charge is 0.497 e. The van der Waals surface area contributed by atoms with Gasteiger partial charge in [0.2, 0.25) is 0 Å². The molecule has 0 fully saturated rings. The van der Waals surface area contributed by atoms with Crippen LogP contribution in [0, 0.1) is 12.8 Å². The van der Waals surface area contributed by atoms with Crippen LogP contribution in [0.1, 0.15) is 31.2 Å². The second-order valence-electron chi connectivity index (χ2n) is 4.72. The SMILES string of the molecule is COc1cc(C)nc(CNCCCC(C)CCl)c1. The maximum absolute atomic E-state index is 5.77. The van der Waals surface area contributed by atoms with Gasteiger partial charge in [-0.05, 0) is 32.2 Å². The quantitative estimate of drug-likeness (QED) is 0.582. The maximum Gasteiger partial charge on any atom is 0.122 e. The van der Waals surface area contributed by atoms with E-state index in [1.165, 1.54) is 6.42 Å². The highest BCUT2D eigenvalue weighted by atomic mass is 35.5. The average Bonchev–Trinajstić information content (AvgIpc) is 2.37. The summed E-state index contributed by atoms with van der Waals surface area (Å²) in [6.45, 7) is 5.95. The van der Waals surface area contributed by atoms with Crippen molar-refractivity contribution < 1.29 is 4.74 Å². The maximum atomic E-state index is 5.77. The van der Waals surface area contributed by atoms with Crippen LogP contribution in [-0.4, -0.2) is 24.5 Å². The molecule has 1 rings (SSSR count). The van der Waals surface area contributed by atoms with Crippen LogP contribution in [0.25, 0.3) is 0 Å². The van der Waals surface area contributed by atoms with Crippen LogP contribution in [-0.2, 0) is 6.54 Å². The van der Waals surface area contributed by atoms with E-state index in [0.29, 0.717) is 5.92 Å². The van der Waals surface area contributed by atoms with E-state index in [1.54, 1.807) is 7.11 Å². The molecule has 0 radical (unpaired) electrons. The molecule has 0 saturated carbocycles. The van der Waals surface area contributed by atoms with Crippen molar-refractivity contribution >= 4 is 11.6 Å². The molecule has 3 nitrogen and oxygen atoms in total. The van der Waals surface area contributed by atoms with Gasteiger partial charge in [0.25, 0.3) is 0 Å². The lowest BCUT2D eigenvalue weighted by molar-refractivity contribution is 0.412. The van der Waals surface area contributed by atoms with Crippen LogP contribution >= 0.6 is 11.6 Å². The molecule has 1 aromatic rings. The Morgan fingerprint density at radius 1 is 1.44 bits per heavy atom. The molecule has 1 unspecified atom stereocenters. The molecule has 0 bridgehead atoms. The molecule has 0 aliphatic rings. The Morgan fingerprint density at radius 2 is 2.22 bits per heavy atom. The summed E-state index contributed by atoms with van der Waals surface area (Å²) in [6, 6.07) is 3.91. The fourth-order valence-corrected chi connectivity index (χ4v) is 1.93. The summed E-state index contributed by atoms with van der Waals surface area (Å²) >= 11 is 5.77. The van der Waals surface area contributed by atoms with Crippen molar-refractivity contribution in [3.8, 4) is 5.75 Å². The monoisotopic (exact) mass is 270 g/mol. The molecule has 0 aliphatic carbocycles. The van der Waals surface area contributed by atoms with Crippen LogP contribution < -0.4 is 10.1 Å². The Hall–Kier alpha value is -0.800. The number of hydrogen-bond donors (Lipinski definition) is 1. The van der Waals surface area contributed by atoms with Crippen molar-refractivity contribution in [1.82, 2.24) is 10.3 Å². The fraction of sp³-hybridized carbons (Fsp3) is 0.643. The molecule has 18 heavy (non-hydrogen) atoms. The first-order valence-electron chi connectivity index (χ1n) is 6.44. The van der Waals surface area contributed by atoms with E-state index >= 15 is 0 Å². The smallest absolute Gasteiger partial charge is 0.122 e. The predicted molar refractivity (Wildman–Crippen MR) is 76.4 cm³/mol. The predicted octanol–water partition coefficient (Wildman–Crippen LogP) is 3.14. The van der Waals surface area contributed by atoms with Crippen LogP contribution in [0.2, 0.25) is 0 Å². The third kappa shape index (κ3) is 5.69. The molecule has 0 saturated heterocycles. The Morgan fingerprint density at radius 3 is 2.89 bits per heavy atom. The molecular formula is C14H23ClN2O. The number of alkyl halides is 1. The molecule has 4 heteroatoms. The number of hydrogen-bond acceptors (Lipinski definition) is 3. The summed E-state index contributed by atoms with van der Waals surface area (Å²) in [6.07, 6.45) is 2.32. The van der Waals surface area contributed by atoms with Gasteiger partial charge in [-0.1, -0.05) is 6.92 Å². The standard InChI is InChI=1S/C14H23ClN2O/c1-11(9-15)5-4-6-16-10-13-8-14(18-3)7-12(2)17-13/h7-8,11,16H,4-6,9-10H2,1-3H3. The number of methoxy groups -OCH3 is 1. The number of ether oxygens (including phenoxy) is 1. The molecular weight excluding hydrogens is 248 g/mol. The molecule has 1 heterocycles. The molecule has 0 aromatic carbocycles. The Balaban J connectivity index is 2.28. The second kappa shape index (κ2) is 8.33. The number of halogens is 1. The number of nitrogens with zero attached hydrogens (tertiary/aromatic N) is 1. The third-order valence-electron chi connectivity index (χ3n) is 2.84. The summed E-state index contributed by atoms with van der Waals surface area (Å²) in [5.74, 6) is 2.22. The molecule has 1 aromatic heterocycles. The third-order valence-corrected chi connectivity index (χ3v) is 3.36. The van der Waals surface area contributed by atoms with Gasteiger partial charge in [-0.25, -0.2) is 0 Å². The lowest BCUT2D eigenvalue weighted by Gasteiger charge is -2.09. The molecule has 0 amide bonds. The van der Waals surface area contributed by atoms with E-state index in [1.807, 2.05) is 19.1 Å². The first kappa shape index (κ1) is 15.3. The van der Waals surface area contributed by atoms with Gasteiger partial charge in [0, 0.05) is 30.3 Å². The Kier molecular flexibility index (Phi) is 7.06. The molecule has 0 spiro atoms. The van der Waals surface area contributed by atoms with Crippen LogP contribution in [0.3, 0.4) is 0 Å². The highest BCUT2D eigenvalue weighted by Gasteiger charge is 2.01. The van der Waals surface area contributed by atoms with Gasteiger partial charge in [0.1, 0.15) is 5.75 Å². The molecule has 1 atom stereocenters. The molecule has 0 aliphatic heterocycles. The molecule has 102 valence electrons. The number of aryl methyl sites for hydroxylation is 1. The normalized spacial score (nSPS) is 12.4. The van der Waals surface area contributed by atoms with Crippen molar-refractivity contribution in [3.05, 3.63) is 23.5 Å². The summed E-state index contributed by atoms with van der Waals surface area (Å²) < 4.78 is 5.23. The van der Waals surface area contributed by atoms with Crippen molar-refractivity contribution in [2.24, 2.45) is 5.92 Å². The van der Waals surface area contributed by atoms with Gasteiger partial charge >= 0.3 is 0 Å². The number of nitrogens with one attached hydrogen (secondary N) is 1. The van der Waals surface area contributed by atoms with Gasteiger partial charge < -0.3 is 10.1 Å². The van der Waals surface area contributed by atoms with Gasteiger partial charge in [-0.15, -0.1) is 11.6 Å². The van der Waals surface area contributed by atoms with E-state index in [4.69, 9.17) is 16.3 Å². The van der Waals surface area contributed by atoms with Crippen molar-refractivity contribution in [2.45, 2.75) is 33.2 Å². The van der Waals surface area contributed by atoms with Crippen molar-refractivity contribution in [1.29, 1.82) is 0 Å². The minimum Gasteiger partial charge on any atom is -0.497 e. The van der Waals surface area contributed by atoms with Gasteiger partial charge in [0.05, 0.1) is 12.8 Å². The van der Waals surface area contributed by atoms with E-state index in [-0.39, 0.29) is 0 Å². The average molecular weight is 271 g/mol. The number of aromatic nitrogens is 1. The topological polar surface area (TPSA) is 34.1 Å². The van der Waals surface area contributed by atoms with Crippen molar-refractivity contribution in [2.75, 3.05) is 19.5 Å². The summed E-state index contributed by atoms with van der Waals surface area (Å²) in [5, 5.41) is 3.40. The summed E-state index contributed by atoms with van der Waals surface area (Å²) in [7, 11) is 1.68. The van der Waals surface area contributed by atoms with Crippen molar-refractivity contribution in [3.63, 3.8) is 0 Å². The number of rotatable bonds is 8. The van der Waals surface area contributed by atoms with Crippen LogP contribution in [0.4, 0.5) is 0 Å². The van der Waals surface area contributed by atoms with E-state index in [0.717, 1.165) is 42.5 Å². The van der Waals surface area contributed by atoms with Gasteiger partial charge in [-0.3, -0.25) is 4.98 Å². The number of pyridine rings is 1. The first-order valence-corrected chi connectivity index (χ1v) is 6.97. The summed E-state index contributed by atoms with van der Waals surface area (Å²) in [4.78, 5) is 4.47. The summed E-state index contributed by atoms with van der Waals surface area (Å²) in [5.41, 5.74) is 2.01. The van der Waals surface area contributed by atoms with E-state index in [2.05, 4.69) is 17.2 Å². The van der Waals surface area contributed by atoms with Gasteiger partial charge in [-0.2, -0.15) is 0 Å². The highest BCUT2D eigenvalue weighted by molar-refractivity contribution is 6.18. The minimum absolute atomic E-state index is 0.602. The van der Waals surface area contributed by atoms with E-state index in [9.17, 15) is 0 Å². The second-order valence-corrected chi connectivity index (χ2v) is 5.03. The zero-order valence-electron chi connectivity index (χ0n) is 11.5. The van der Waals surface area contributed by atoms with Crippen LogP contribution in [0.15, 0.2) is 12.1 Å².